The van der Waals surface area contributed by atoms with Crippen LogP contribution < -0.4 is 16.6 Å². The van der Waals surface area contributed by atoms with Crippen LogP contribution in [-0.2, 0) is 13.0 Å². The first-order chi connectivity index (χ1) is 10.0. The topological polar surface area (TPSA) is 93.2 Å². The lowest BCUT2D eigenvalue weighted by Gasteiger charge is -2.07. The molecular weight excluding hydrogens is 282 g/mol. The summed E-state index contributed by atoms with van der Waals surface area (Å²) in [6.45, 7) is 1.93. The van der Waals surface area contributed by atoms with E-state index in [0.29, 0.717) is 18.1 Å². The number of aromatic nitrogens is 1. The van der Waals surface area contributed by atoms with E-state index in [1.807, 2.05) is 12.3 Å². The number of halogens is 2. The monoisotopic (exact) mass is 296 g/mol. The fraction of sp³-hybridized carbons (Fsp3) is 0.231. The van der Waals surface area contributed by atoms with E-state index in [-0.39, 0.29) is 12.1 Å². The van der Waals surface area contributed by atoms with Crippen molar-refractivity contribution in [2.45, 2.75) is 19.9 Å². The number of aryl methyl sites for hydroxylation is 1. The van der Waals surface area contributed by atoms with Crippen LogP contribution >= 0.6 is 0 Å². The molecule has 0 aliphatic rings. The van der Waals surface area contributed by atoms with E-state index in [0.717, 1.165) is 12.1 Å². The van der Waals surface area contributed by atoms with Crippen molar-refractivity contribution in [3.8, 4) is 0 Å². The fourth-order valence-corrected chi connectivity index (χ4v) is 1.69. The van der Waals surface area contributed by atoms with Crippen molar-refractivity contribution in [3.05, 3.63) is 47.2 Å². The molecule has 0 aliphatic heterocycles. The Bertz CT molecular complexity index is 634. The molecule has 0 spiro atoms. The summed E-state index contributed by atoms with van der Waals surface area (Å²) in [5.74, 6) is 3.44. The molecule has 0 unspecified atom stereocenters. The van der Waals surface area contributed by atoms with E-state index in [4.69, 9.17) is 10.3 Å². The van der Waals surface area contributed by atoms with Gasteiger partial charge in [-0.25, -0.2) is 13.8 Å². The van der Waals surface area contributed by atoms with Gasteiger partial charge in [-0.05, 0) is 12.1 Å². The van der Waals surface area contributed by atoms with Gasteiger partial charge in [0.15, 0.2) is 11.6 Å². The zero-order chi connectivity index (χ0) is 15.4. The van der Waals surface area contributed by atoms with Crippen molar-refractivity contribution in [2.24, 2.45) is 5.84 Å². The van der Waals surface area contributed by atoms with Crippen LogP contribution in [0.25, 0.3) is 0 Å². The number of benzene rings is 1. The average Bonchev–Trinajstić information content (AvgIpc) is 2.92. The van der Waals surface area contributed by atoms with Crippen LogP contribution in [-0.4, -0.2) is 10.9 Å². The maximum absolute atomic E-state index is 13.5. The van der Waals surface area contributed by atoms with Crippen molar-refractivity contribution in [1.29, 1.82) is 0 Å². The highest BCUT2D eigenvalue weighted by Crippen LogP contribution is 2.19. The van der Waals surface area contributed by atoms with E-state index in [1.165, 1.54) is 0 Å². The van der Waals surface area contributed by atoms with Crippen molar-refractivity contribution in [3.63, 3.8) is 0 Å². The van der Waals surface area contributed by atoms with Gasteiger partial charge in [0.25, 0.3) is 5.91 Å². The molecule has 6 nitrogen and oxygen atoms in total. The minimum Gasteiger partial charge on any atom is -0.444 e. The van der Waals surface area contributed by atoms with E-state index < -0.39 is 23.2 Å². The highest BCUT2D eigenvalue weighted by Gasteiger charge is 2.15. The molecule has 1 aromatic carbocycles. The van der Waals surface area contributed by atoms with Crippen LogP contribution in [0.4, 0.5) is 14.5 Å². The van der Waals surface area contributed by atoms with Gasteiger partial charge in [-0.1, -0.05) is 6.92 Å². The van der Waals surface area contributed by atoms with Crippen LogP contribution in [0.5, 0.6) is 0 Å². The maximum Gasteiger partial charge on any atom is 0.251 e. The molecular formula is C13H14F2N4O2. The third-order valence-electron chi connectivity index (χ3n) is 2.80. The molecule has 0 atom stereocenters. The Morgan fingerprint density at radius 3 is 2.57 bits per heavy atom. The van der Waals surface area contributed by atoms with Gasteiger partial charge in [0.2, 0.25) is 5.89 Å². The van der Waals surface area contributed by atoms with Gasteiger partial charge in [-0.15, -0.1) is 0 Å². The van der Waals surface area contributed by atoms with E-state index >= 15 is 0 Å². The van der Waals surface area contributed by atoms with Crippen LogP contribution in [0.15, 0.2) is 22.7 Å². The smallest absolute Gasteiger partial charge is 0.251 e. The highest BCUT2D eigenvalue weighted by atomic mass is 19.1. The molecule has 8 heteroatoms. The molecule has 0 saturated carbocycles. The zero-order valence-corrected chi connectivity index (χ0v) is 11.2. The molecule has 0 radical (unpaired) electrons. The molecule has 1 heterocycles. The molecule has 2 rings (SSSR count). The average molecular weight is 296 g/mol. The Hall–Kier alpha value is -2.48. The second kappa shape index (κ2) is 6.31. The molecule has 0 bridgehead atoms. The van der Waals surface area contributed by atoms with E-state index in [1.54, 1.807) is 6.20 Å². The largest absolute Gasteiger partial charge is 0.444 e. The van der Waals surface area contributed by atoms with E-state index in [9.17, 15) is 13.6 Å². The number of nitrogen functional groups attached to an aromatic ring is 1. The molecule has 4 N–H and O–H groups in total. The number of nitrogens with one attached hydrogen (secondary N) is 2. The second-order valence-electron chi connectivity index (χ2n) is 4.22. The predicted molar refractivity (Wildman–Crippen MR) is 71.2 cm³/mol. The van der Waals surface area contributed by atoms with Gasteiger partial charge < -0.3 is 15.2 Å². The Balaban J connectivity index is 2.06. The normalized spacial score (nSPS) is 10.5. The zero-order valence-electron chi connectivity index (χ0n) is 11.2. The second-order valence-corrected chi connectivity index (χ2v) is 4.22. The number of nitrogens with two attached hydrogens (primary N) is 1. The first-order valence-corrected chi connectivity index (χ1v) is 6.22. The van der Waals surface area contributed by atoms with Gasteiger partial charge >= 0.3 is 0 Å². The number of hydrogen-bond donors (Lipinski definition) is 3. The summed E-state index contributed by atoms with van der Waals surface area (Å²) >= 11 is 0. The van der Waals surface area contributed by atoms with Crippen molar-refractivity contribution >= 4 is 11.6 Å². The molecule has 0 saturated heterocycles. The summed E-state index contributed by atoms with van der Waals surface area (Å²) in [5.41, 5.74) is 1.24. The Morgan fingerprint density at radius 1 is 1.38 bits per heavy atom. The van der Waals surface area contributed by atoms with Gasteiger partial charge in [-0.2, -0.15) is 0 Å². The van der Waals surface area contributed by atoms with Crippen LogP contribution in [0.2, 0.25) is 0 Å². The first kappa shape index (κ1) is 14.9. The number of rotatable bonds is 5. The Morgan fingerprint density at radius 2 is 2.05 bits per heavy atom. The first-order valence-electron chi connectivity index (χ1n) is 6.22. The molecule has 1 amide bonds. The van der Waals surface area contributed by atoms with E-state index in [2.05, 4.69) is 10.3 Å². The van der Waals surface area contributed by atoms with Gasteiger partial charge in [-0.3, -0.25) is 10.6 Å². The number of carbonyl (C=O) groups excluding carboxylic acids is 1. The van der Waals surface area contributed by atoms with Crippen LogP contribution in [0.3, 0.4) is 0 Å². The van der Waals surface area contributed by atoms with Crippen molar-refractivity contribution in [2.75, 3.05) is 5.43 Å². The number of carbonyl (C=O) groups is 1. The Kier molecular flexibility index (Phi) is 4.49. The van der Waals surface area contributed by atoms with Crippen molar-refractivity contribution < 1.29 is 18.0 Å². The summed E-state index contributed by atoms with van der Waals surface area (Å²) < 4.78 is 32.3. The lowest BCUT2D eigenvalue weighted by atomic mass is 10.1. The number of amides is 1. The highest BCUT2D eigenvalue weighted by molar-refractivity contribution is 5.94. The SMILES string of the molecule is CCc1cnc(CNC(=O)c2cc(F)c(NN)c(F)c2)o1. The standard InChI is InChI=1S/C13H14F2N4O2/c1-2-8-5-17-11(21-8)6-18-13(20)7-3-9(14)12(19-16)10(15)4-7/h3-5,19H,2,6,16H2,1H3,(H,18,20). The van der Waals surface area contributed by atoms with Crippen molar-refractivity contribution in [1.82, 2.24) is 10.3 Å². The molecule has 1 aromatic heterocycles. The quantitative estimate of drug-likeness (QED) is 0.577. The molecule has 21 heavy (non-hydrogen) atoms. The summed E-state index contributed by atoms with van der Waals surface area (Å²) in [6, 6.07) is 1.78. The lowest BCUT2D eigenvalue weighted by molar-refractivity contribution is 0.0946. The fourth-order valence-electron chi connectivity index (χ4n) is 1.69. The summed E-state index contributed by atoms with van der Waals surface area (Å²) in [5, 5.41) is 2.46. The lowest BCUT2D eigenvalue weighted by Crippen LogP contribution is -2.23. The summed E-state index contributed by atoms with van der Waals surface area (Å²) in [4.78, 5) is 15.8. The summed E-state index contributed by atoms with van der Waals surface area (Å²) in [6.07, 6.45) is 2.24. The molecule has 112 valence electrons. The minimum atomic E-state index is -0.952. The predicted octanol–water partition coefficient (Wildman–Crippen LogP) is 1.73. The van der Waals surface area contributed by atoms with Gasteiger partial charge in [0, 0.05) is 12.0 Å². The number of nitrogens with zero attached hydrogens (tertiary/aromatic N) is 1. The van der Waals surface area contributed by atoms with Gasteiger partial charge in [0.1, 0.15) is 11.4 Å². The van der Waals surface area contributed by atoms with Crippen LogP contribution in [0, 0.1) is 11.6 Å². The molecule has 2 aromatic rings. The molecule has 0 fully saturated rings. The number of hydrazine groups is 1. The molecule has 0 aliphatic carbocycles. The number of hydrogen-bond acceptors (Lipinski definition) is 5. The number of oxazole rings is 1. The van der Waals surface area contributed by atoms with Crippen LogP contribution in [0.1, 0.15) is 28.9 Å². The summed E-state index contributed by atoms with van der Waals surface area (Å²) in [7, 11) is 0. The third-order valence-corrected chi connectivity index (χ3v) is 2.80. The minimum absolute atomic E-state index is 0.0267. The number of anilines is 1. The Labute approximate surface area is 119 Å². The maximum atomic E-state index is 13.5. The third kappa shape index (κ3) is 3.34. The van der Waals surface area contributed by atoms with Gasteiger partial charge in [0.05, 0.1) is 12.7 Å².